The third kappa shape index (κ3) is 2.66. The van der Waals surface area contributed by atoms with Crippen molar-refractivity contribution < 1.29 is 9.26 Å². The van der Waals surface area contributed by atoms with E-state index in [9.17, 15) is 0 Å². The van der Waals surface area contributed by atoms with Crippen LogP contribution in [0, 0.1) is 6.92 Å². The SMILES string of the molecule is Cc1noc(-c2cccnc2OCc2ccccc2)n1. The molecule has 2 aromatic heterocycles. The number of nitrogens with zero attached hydrogens (tertiary/aromatic N) is 3. The van der Waals surface area contributed by atoms with Crippen LogP contribution in [-0.2, 0) is 6.61 Å². The highest BCUT2D eigenvalue weighted by molar-refractivity contribution is 5.59. The zero-order valence-electron chi connectivity index (χ0n) is 11.0. The van der Waals surface area contributed by atoms with Crippen molar-refractivity contribution in [1.29, 1.82) is 0 Å². The maximum absolute atomic E-state index is 5.75. The van der Waals surface area contributed by atoms with Crippen LogP contribution in [0.3, 0.4) is 0 Å². The first-order valence-electron chi connectivity index (χ1n) is 6.25. The summed E-state index contributed by atoms with van der Waals surface area (Å²) >= 11 is 0. The van der Waals surface area contributed by atoms with Crippen LogP contribution in [0.25, 0.3) is 11.5 Å². The van der Waals surface area contributed by atoms with Crippen molar-refractivity contribution in [2.75, 3.05) is 0 Å². The number of rotatable bonds is 4. The molecule has 0 aliphatic heterocycles. The Balaban J connectivity index is 1.83. The molecule has 0 unspecified atom stereocenters. The third-order valence-corrected chi connectivity index (χ3v) is 2.75. The summed E-state index contributed by atoms with van der Waals surface area (Å²) in [5.74, 6) is 1.48. The molecule has 20 heavy (non-hydrogen) atoms. The van der Waals surface area contributed by atoms with E-state index in [1.807, 2.05) is 42.5 Å². The van der Waals surface area contributed by atoms with Crippen LogP contribution >= 0.6 is 0 Å². The molecule has 0 aliphatic rings. The number of benzene rings is 1. The minimum absolute atomic E-state index is 0.415. The first kappa shape index (κ1) is 12.3. The Morgan fingerprint density at radius 3 is 2.70 bits per heavy atom. The van der Waals surface area contributed by atoms with Crippen molar-refractivity contribution in [3.8, 4) is 17.3 Å². The van der Waals surface area contributed by atoms with Crippen LogP contribution in [0.4, 0.5) is 0 Å². The first-order chi connectivity index (χ1) is 9.83. The van der Waals surface area contributed by atoms with E-state index in [1.54, 1.807) is 13.1 Å². The van der Waals surface area contributed by atoms with Crippen LogP contribution in [-0.4, -0.2) is 15.1 Å². The minimum atomic E-state index is 0.415. The second kappa shape index (κ2) is 5.52. The van der Waals surface area contributed by atoms with Crippen LogP contribution in [0.1, 0.15) is 11.4 Å². The molecule has 0 saturated carbocycles. The molecule has 0 bridgehead atoms. The van der Waals surface area contributed by atoms with Gasteiger partial charge in [-0.1, -0.05) is 35.5 Å². The summed E-state index contributed by atoms with van der Waals surface area (Å²) in [6.45, 7) is 2.21. The first-order valence-corrected chi connectivity index (χ1v) is 6.25. The molecule has 0 amide bonds. The van der Waals surface area contributed by atoms with Gasteiger partial charge in [0.1, 0.15) is 12.2 Å². The Labute approximate surface area is 116 Å². The summed E-state index contributed by atoms with van der Waals surface area (Å²) in [5, 5.41) is 3.78. The van der Waals surface area contributed by atoms with Gasteiger partial charge in [0.15, 0.2) is 5.82 Å². The van der Waals surface area contributed by atoms with Crippen LogP contribution in [0.5, 0.6) is 5.88 Å². The second-order valence-electron chi connectivity index (χ2n) is 4.28. The molecule has 0 radical (unpaired) electrons. The van der Waals surface area contributed by atoms with Crippen molar-refractivity contribution in [2.45, 2.75) is 13.5 Å². The van der Waals surface area contributed by atoms with Crippen LogP contribution < -0.4 is 4.74 Å². The highest BCUT2D eigenvalue weighted by Gasteiger charge is 2.13. The Morgan fingerprint density at radius 1 is 1.10 bits per heavy atom. The molecule has 0 fully saturated rings. The maximum atomic E-state index is 5.75. The zero-order valence-corrected chi connectivity index (χ0v) is 11.0. The van der Waals surface area contributed by atoms with Crippen molar-refractivity contribution >= 4 is 0 Å². The Morgan fingerprint density at radius 2 is 1.95 bits per heavy atom. The smallest absolute Gasteiger partial charge is 0.263 e. The topological polar surface area (TPSA) is 61.0 Å². The summed E-state index contributed by atoms with van der Waals surface area (Å²) in [4.78, 5) is 8.43. The van der Waals surface area contributed by atoms with Gasteiger partial charge in [-0.2, -0.15) is 4.98 Å². The minimum Gasteiger partial charge on any atom is -0.472 e. The summed E-state index contributed by atoms with van der Waals surface area (Å²) in [6.07, 6.45) is 1.67. The molecule has 5 nitrogen and oxygen atoms in total. The summed E-state index contributed by atoms with van der Waals surface area (Å²) in [7, 11) is 0. The fourth-order valence-electron chi connectivity index (χ4n) is 1.80. The normalized spacial score (nSPS) is 10.4. The predicted octanol–water partition coefficient (Wildman–Crippen LogP) is 3.02. The Bertz CT molecular complexity index is 695. The summed E-state index contributed by atoms with van der Waals surface area (Å²) < 4.78 is 10.9. The number of hydrogen-bond donors (Lipinski definition) is 0. The van der Waals surface area contributed by atoms with Gasteiger partial charge in [-0.05, 0) is 24.6 Å². The van der Waals surface area contributed by atoms with Crippen molar-refractivity contribution in [3.05, 3.63) is 60.0 Å². The Hall–Kier alpha value is -2.69. The third-order valence-electron chi connectivity index (χ3n) is 2.75. The van der Waals surface area contributed by atoms with E-state index in [0.29, 0.717) is 29.8 Å². The molecule has 100 valence electrons. The van der Waals surface area contributed by atoms with E-state index in [0.717, 1.165) is 5.56 Å². The average molecular weight is 267 g/mol. The Kier molecular flexibility index (Phi) is 3.41. The number of hydrogen-bond acceptors (Lipinski definition) is 5. The van der Waals surface area contributed by atoms with E-state index in [1.165, 1.54) is 0 Å². The lowest BCUT2D eigenvalue weighted by atomic mass is 10.2. The zero-order chi connectivity index (χ0) is 13.8. The molecule has 1 aromatic carbocycles. The van der Waals surface area contributed by atoms with Gasteiger partial charge in [0.25, 0.3) is 5.89 Å². The van der Waals surface area contributed by atoms with Crippen molar-refractivity contribution in [2.24, 2.45) is 0 Å². The fraction of sp³-hybridized carbons (Fsp3) is 0.133. The molecule has 0 aliphatic carbocycles. The molecule has 0 N–H and O–H groups in total. The van der Waals surface area contributed by atoms with Gasteiger partial charge in [-0.3, -0.25) is 0 Å². The standard InChI is InChI=1S/C15H13N3O2/c1-11-17-15(20-18-11)13-8-5-9-16-14(13)19-10-12-6-3-2-4-7-12/h2-9H,10H2,1H3. The van der Waals surface area contributed by atoms with Gasteiger partial charge in [0.05, 0.1) is 0 Å². The lowest BCUT2D eigenvalue weighted by molar-refractivity contribution is 0.293. The van der Waals surface area contributed by atoms with Gasteiger partial charge in [-0.15, -0.1) is 0 Å². The van der Waals surface area contributed by atoms with E-state index in [4.69, 9.17) is 9.26 Å². The van der Waals surface area contributed by atoms with E-state index < -0.39 is 0 Å². The van der Waals surface area contributed by atoms with Crippen molar-refractivity contribution in [3.63, 3.8) is 0 Å². The molecule has 2 heterocycles. The van der Waals surface area contributed by atoms with Gasteiger partial charge < -0.3 is 9.26 Å². The molecule has 3 rings (SSSR count). The number of aromatic nitrogens is 3. The van der Waals surface area contributed by atoms with Crippen molar-refractivity contribution in [1.82, 2.24) is 15.1 Å². The quantitative estimate of drug-likeness (QED) is 0.727. The molecule has 3 aromatic rings. The molecular formula is C15H13N3O2. The predicted molar refractivity (Wildman–Crippen MR) is 73.0 cm³/mol. The van der Waals surface area contributed by atoms with Crippen LogP contribution in [0.15, 0.2) is 53.2 Å². The fourth-order valence-corrected chi connectivity index (χ4v) is 1.80. The van der Waals surface area contributed by atoms with Gasteiger partial charge >= 0.3 is 0 Å². The van der Waals surface area contributed by atoms with Gasteiger partial charge in [-0.25, -0.2) is 4.98 Å². The van der Waals surface area contributed by atoms with Crippen LogP contribution in [0.2, 0.25) is 0 Å². The lowest BCUT2D eigenvalue weighted by Gasteiger charge is -2.07. The van der Waals surface area contributed by atoms with E-state index >= 15 is 0 Å². The number of pyridine rings is 1. The highest BCUT2D eigenvalue weighted by atomic mass is 16.5. The van der Waals surface area contributed by atoms with E-state index in [2.05, 4.69) is 15.1 Å². The second-order valence-corrected chi connectivity index (χ2v) is 4.28. The van der Waals surface area contributed by atoms with Gasteiger partial charge in [0.2, 0.25) is 5.88 Å². The number of aryl methyl sites for hydroxylation is 1. The largest absolute Gasteiger partial charge is 0.472 e. The molecular weight excluding hydrogens is 254 g/mol. The lowest BCUT2D eigenvalue weighted by Crippen LogP contribution is -1.98. The number of ether oxygens (including phenoxy) is 1. The highest BCUT2D eigenvalue weighted by Crippen LogP contribution is 2.26. The summed E-state index contributed by atoms with van der Waals surface area (Å²) in [6, 6.07) is 13.6. The summed E-state index contributed by atoms with van der Waals surface area (Å²) in [5.41, 5.74) is 1.77. The molecule has 0 spiro atoms. The van der Waals surface area contributed by atoms with E-state index in [-0.39, 0.29) is 0 Å². The monoisotopic (exact) mass is 267 g/mol. The average Bonchev–Trinajstić information content (AvgIpc) is 2.93. The molecule has 5 heteroatoms. The van der Waals surface area contributed by atoms with Gasteiger partial charge in [0, 0.05) is 6.20 Å². The molecule has 0 atom stereocenters. The maximum Gasteiger partial charge on any atom is 0.263 e. The molecule has 0 saturated heterocycles.